The van der Waals surface area contributed by atoms with Crippen LogP contribution < -0.4 is 10.2 Å². The van der Waals surface area contributed by atoms with Gasteiger partial charge in [-0.15, -0.1) is 0 Å². The molecule has 0 saturated heterocycles. The average molecular weight is 1030 g/mol. The van der Waals surface area contributed by atoms with E-state index in [2.05, 4.69) is 0 Å². The van der Waals surface area contributed by atoms with E-state index in [9.17, 15) is 29.4 Å². The van der Waals surface area contributed by atoms with Crippen molar-refractivity contribution in [3.63, 3.8) is 0 Å². The number of carboxylic acids is 2. The van der Waals surface area contributed by atoms with E-state index >= 15 is 0 Å². The first-order valence-electron chi connectivity index (χ1n) is 25.1. The van der Waals surface area contributed by atoms with Crippen LogP contribution in [0.2, 0.25) is 0 Å². The number of benzene rings is 2. The van der Waals surface area contributed by atoms with Crippen LogP contribution in [-0.4, -0.2) is 98.2 Å². The summed E-state index contributed by atoms with van der Waals surface area (Å²) < 4.78 is 21.8. The Balaban J connectivity index is 0.00000124. The van der Waals surface area contributed by atoms with E-state index in [1.54, 1.807) is 0 Å². The summed E-state index contributed by atoms with van der Waals surface area (Å²) in [6, 6.07) is 20.0. The first-order chi connectivity index (χ1) is 31.2. The van der Waals surface area contributed by atoms with Gasteiger partial charge < -0.3 is 38.7 Å². The van der Waals surface area contributed by atoms with E-state index in [1.807, 2.05) is 60.7 Å². The van der Waals surface area contributed by atoms with Gasteiger partial charge in [-0.25, -0.2) is 0 Å². The molecule has 2 unspecified atom stereocenters. The maximum Gasteiger partial charge on any atom is 2.00 e. The summed E-state index contributed by atoms with van der Waals surface area (Å²) in [5.74, 6) is -2.37. The molecule has 0 bridgehead atoms. The second-order valence-corrected chi connectivity index (χ2v) is 17.4. The van der Waals surface area contributed by atoms with Gasteiger partial charge in [-0.3, -0.25) is 9.59 Å². The van der Waals surface area contributed by atoms with Crippen LogP contribution in [-0.2, 0) is 51.3 Å². The summed E-state index contributed by atoms with van der Waals surface area (Å²) in [7, 11) is 0. The van der Waals surface area contributed by atoms with Crippen LogP contribution in [0.25, 0.3) is 0 Å². The molecule has 364 valence electrons. The Labute approximate surface area is 434 Å². The topological polar surface area (TPSA) is 151 Å². The number of carbonyl (C=O) groups excluding carboxylic acids is 4. The van der Waals surface area contributed by atoms with Gasteiger partial charge in [0.15, 0.2) is 0 Å². The Morgan fingerprint density at radius 2 is 0.662 bits per heavy atom. The van der Waals surface area contributed by atoms with Gasteiger partial charge >= 0.3 is 60.8 Å². The van der Waals surface area contributed by atoms with Crippen molar-refractivity contribution in [1.29, 1.82) is 0 Å². The van der Waals surface area contributed by atoms with Crippen molar-refractivity contribution in [1.82, 2.24) is 0 Å². The maximum atomic E-state index is 10.8. The SMILES string of the molecule is CC(=O)OCCCCCCCCCCCCCCC(CCC(=O)[O-])OCc1ccccc1.CC(=O)OCCCCCCCCCCCCCCC(CCC(=O)[O-])OCc1ccccc1.[Ba+2]. The molecule has 0 aliphatic heterocycles. The van der Waals surface area contributed by atoms with E-state index in [4.69, 9.17) is 18.9 Å². The van der Waals surface area contributed by atoms with E-state index in [-0.39, 0.29) is 85.9 Å². The third kappa shape index (κ3) is 45.4. The normalized spacial score (nSPS) is 11.7. The zero-order valence-corrected chi connectivity index (χ0v) is 45.2. The molecule has 0 spiro atoms. The molecule has 65 heavy (non-hydrogen) atoms. The van der Waals surface area contributed by atoms with Crippen molar-refractivity contribution in [3.05, 3.63) is 71.8 Å². The third-order valence-corrected chi connectivity index (χ3v) is 11.4. The van der Waals surface area contributed by atoms with E-state index in [0.29, 0.717) is 39.3 Å². The number of hydrogen-bond donors (Lipinski definition) is 0. The van der Waals surface area contributed by atoms with Crippen LogP contribution >= 0.6 is 0 Å². The molecule has 2 aromatic rings. The van der Waals surface area contributed by atoms with E-state index < -0.39 is 11.9 Å². The standard InChI is InChI=1S/2C27H44O5.Ba/c2*1-24(28)31-22-16-11-9-7-5-3-2-4-6-8-10-15-19-26(20-21-27(29)30)32-23-25-17-13-12-14-18-25;/h2*12-14,17-18,26H,2-11,15-16,19-23H2,1H3,(H,29,30);/q;;+2/p-2. The van der Waals surface area contributed by atoms with Crippen molar-refractivity contribution < 1.29 is 48.3 Å². The smallest absolute Gasteiger partial charge is 0.550 e. The van der Waals surface area contributed by atoms with E-state index in [0.717, 1.165) is 62.5 Å². The summed E-state index contributed by atoms with van der Waals surface area (Å²) in [4.78, 5) is 43.0. The van der Waals surface area contributed by atoms with Crippen molar-refractivity contribution in [2.45, 2.75) is 232 Å². The van der Waals surface area contributed by atoms with Crippen molar-refractivity contribution in [2.24, 2.45) is 0 Å². The molecular weight excluding hydrogens is 946 g/mol. The maximum absolute atomic E-state index is 10.8. The van der Waals surface area contributed by atoms with Crippen molar-refractivity contribution in [2.75, 3.05) is 13.2 Å². The number of carboxylic acid groups (broad SMARTS) is 2. The molecule has 10 nitrogen and oxygen atoms in total. The molecule has 2 aromatic carbocycles. The molecule has 0 heterocycles. The summed E-state index contributed by atoms with van der Waals surface area (Å²) in [5.41, 5.74) is 2.24. The van der Waals surface area contributed by atoms with Gasteiger partial charge in [-0.05, 0) is 62.5 Å². The Kier molecular flexibility index (Phi) is 45.3. The summed E-state index contributed by atoms with van der Waals surface area (Å²) >= 11 is 0. The minimum atomic E-state index is -1.000. The molecule has 0 aliphatic rings. The Bertz CT molecular complexity index is 1290. The molecule has 11 heteroatoms. The molecule has 0 radical (unpaired) electrons. The molecule has 2 rings (SSSR count). The minimum absolute atomic E-state index is 0. The fourth-order valence-electron chi connectivity index (χ4n) is 7.67. The molecule has 0 amide bonds. The van der Waals surface area contributed by atoms with Crippen molar-refractivity contribution in [3.8, 4) is 0 Å². The second-order valence-electron chi connectivity index (χ2n) is 17.4. The average Bonchev–Trinajstić information content (AvgIpc) is 3.28. The Morgan fingerprint density at radius 3 is 0.923 bits per heavy atom. The zero-order chi connectivity index (χ0) is 46.6. The van der Waals surface area contributed by atoms with Crippen LogP contribution in [0.3, 0.4) is 0 Å². The number of aliphatic carboxylic acids is 2. The first kappa shape index (κ1) is 62.8. The Morgan fingerprint density at radius 1 is 0.400 bits per heavy atom. The third-order valence-electron chi connectivity index (χ3n) is 11.4. The molecular formula is C54H86BaO10. The minimum Gasteiger partial charge on any atom is -0.550 e. The van der Waals surface area contributed by atoms with Gasteiger partial charge in [0.1, 0.15) is 0 Å². The summed E-state index contributed by atoms with van der Waals surface area (Å²) in [5, 5.41) is 21.6. The number of rotatable bonds is 42. The molecule has 0 saturated carbocycles. The van der Waals surface area contributed by atoms with Crippen LogP contribution in [0, 0.1) is 0 Å². The van der Waals surface area contributed by atoms with Gasteiger partial charge in [0, 0.05) is 25.8 Å². The summed E-state index contributed by atoms with van der Waals surface area (Å²) in [6.45, 7) is 5.10. The van der Waals surface area contributed by atoms with Crippen LogP contribution in [0.1, 0.15) is 218 Å². The van der Waals surface area contributed by atoms with Gasteiger partial charge in [0.2, 0.25) is 0 Å². The van der Waals surface area contributed by atoms with Crippen LogP contribution in [0.4, 0.5) is 0 Å². The number of unbranched alkanes of at least 4 members (excludes halogenated alkanes) is 22. The van der Waals surface area contributed by atoms with Crippen molar-refractivity contribution >= 4 is 72.8 Å². The summed E-state index contributed by atoms with van der Waals surface area (Å²) in [6.07, 6.45) is 32.2. The zero-order valence-electron chi connectivity index (χ0n) is 40.8. The fourth-order valence-corrected chi connectivity index (χ4v) is 7.67. The quantitative estimate of drug-likeness (QED) is 0.0357. The van der Waals surface area contributed by atoms with Gasteiger partial charge in [-0.1, -0.05) is 202 Å². The number of carbonyl (C=O) groups is 4. The van der Waals surface area contributed by atoms with Crippen LogP contribution in [0.15, 0.2) is 60.7 Å². The fraction of sp³-hybridized carbons (Fsp3) is 0.704. The molecule has 0 aromatic heterocycles. The predicted octanol–water partition coefficient (Wildman–Crippen LogP) is 11.1. The molecule has 0 N–H and O–H groups in total. The number of hydrogen-bond acceptors (Lipinski definition) is 10. The number of ether oxygens (including phenoxy) is 4. The largest absolute Gasteiger partial charge is 2.00 e. The van der Waals surface area contributed by atoms with Gasteiger partial charge in [0.25, 0.3) is 0 Å². The molecule has 0 fully saturated rings. The Hall–Kier alpha value is -2.19. The monoisotopic (exact) mass is 1030 g/mol. The van der Waals surface area contributed by atoms with Gasteiger partial charge in [0.05, 0.1) is 38.6 Å². The second kappa shape index (κ2) is 46.9. The predicted molar refractivity (Wildman–Crippen MR) is 258 cm³/mol. The first-order valence-corrected chi connectivity index (χ1v) is 25.1. The van der Waals surface area contributed by atoms with E-state index in [1.165, 1.54) is 129 Å². The van der Waals surface area contributed by atoms with Gasteiger partial charge in [-0.2, -0.15) is 0 Å². The molecule has 0 aliphatic carbocycles. The molecule has 2 atom stereocenters. The number of esters is 2. The van der Waals surface area contributed by atoms with Crippen LogP contribution in [0.5, 0.6) is 0 Å².